The number of nitrogens with one attached hydrogen (secondary N) is 1. The fourth-order valence-corrected chi connectivity index (χ4v) is 2.24. The van der Waals surface area contributed by atoms with Crippen LogP contribution in [0.5, 0.6) is 5.75 Å². The summed E-state index contributed by atoms with van der Waals surface area (Å²) >= 11 is 3.38. The van der Waals surface area contributed by atoms with Crippen molar-refractivity contribution in [1.82, 2.24) is 4.68 Å². The zero-order valence-electron chi connectivity index (χ0n) is 11.0. The van der Waals surface area contributed by atoms with E-state index in [0.29, 0.717) is 11.3 Å². The highest BCUT2D eigenvalue weighted by Crippen LogP contribution is 2.22. The molecule has 2 aromatic rings. The molecule has 19 heavy (non-hydrogen) atoms. The van der Waals surface area contributed by atoms with Gasteiger partial charge in [0, 0.05) is 15.9 Å². The monoisotopic (exact) mass is 322 g/mol. The van der Waals surface area contributed by atoms with Gasteiger partial charge in [-0.3, -0.25) is 14.9 Å². The van der Waals surface area contributed by atoms with E-state index in [0.717, 1.165) is 15.9 Å². The van der Waals surface area contributed by atoms with E-state index in [2.05, 4.69) is 21.4 Å². The largest absolute Gasteiger partial charge is 0.497 e. The quantitative estimate of drug-likeness (QED) is 0.942. The van der Waals surface area contributed by atoms with Crippen LogP contribution in [0, 0.1) is 13.8 Å². The lowest BCUT2D eigenvalue weighted by Gasteiger charge is -2.12. The van der Waals surface area contributed by atoms with Crippen LogP contribution in [0.1, 0.15) is 21.7 Å². The number of rotatable bonds is 3. The fraction of sp³-hybridized carbons (Fsp3) is 0.214. The zero-order valence-corrected chi connectivity index (χ0v) is 12.6. The van der Waals surface area contributed by atoms with Crippen LogP contribution in [0.3, 0.4) is 0 Å². The van der Waals surface area contributed by atoms with Crippen molar-refractivity contribution in [1.29, 1.82) is 0 Å². The van der Waals surface area contributed by atoms with Gasteiger partial charge in [-0.1, -0.05) is 0 Å². The Morgan fingerprint density at radius 1 is 1.21 bits per heavy atom. The molecule has 0 saturated heterocycles. The molecule has 0 unspecified atom stereocenters. The molecule has 0 bridgehead atoms. The molecule has 0 fully saturated rings. The summed E-state index contributed by atoms with van der Waals surface area (Å²) in [5, 5.41) is 0. The van der Waals surface area contributed by atoms with Crippen LogP contribution in [-0.4, -0.2) is 17.7 Å². The molecule has 1 N–H and O–H groups in total. The number of ether oxygens (including phenoxy) is 1. The zero-order chi connectivity index (χ0) is 14.0. The molecule has 0 aliphatic heterocycles. The normalized spacial score (nSPS) is 10.3. The summed E-state index contributed by atoms with van der Waals surface area (Å²) < 4.78 is 7.62. The minimum atomic E-state index is -0.187. The van der Waals surface area contributed by atoms with Gasteiger partial charge in [0.2, 0.25) is 0 Å². The molecule has 0 spiro atoms. The van der Waals surface area contributed by atoms with Crippen LogP contribution in [0.25, 0.3) is 0 Å². The molecule has 5 heteroatoms. The second-order valence-electron chi connectivity index (χ2n) is 4.24. The summed E-state index contributed by atoms with van der Waals surface area (Å²) in [6, 6.07) is 9.20. The van der Waals surface area contributed by atoms with Crippen molar-refractivity contribution < 1.29 is 9.53 Å². The first-order valence-electron chi connectivity index (χ1n) is 5.83. The number of nitrogens with zero attached hydrogens (tertiary/aromatic N) is 1. The van der Waals surface area contributed by atoms with Crippen molar-refractivity contribution in [3.8, 4) is 5.75 Å². The molecule has 1 amide bonds. The van der Waals surface area contributed by atoms with Crippen LogP contribution < -0.4 is 10.2 Å². The van der Waals surface area contributed by atoms with Gasteiger partial charge >= 0.3 is 0 Å². The molecule has 0 aliphatic rings. The Hall–Kier alpha value is -1.75. The number of benzene rings is 1. The molecule has 100 valence electrons. The van der Waals surface area contributed by atoms with Gasteiger partial charge in [0.1, 0.15) is 5.75 Å². The number of carbonyl (C=O) groups excluding carboxylic acids is 1. The average molecular weight is 323 g/mol. The molecule has 0 saturated carbocycles. The lowest BCUT2D eigenvalue weighted by Crippen LogP contribution is -2.25. The predicted molar refractivity (Wildman–Crippen MR) is 78.3 cm³/mol. The van der Waals surface area contributed by atoms with Crippen LogP contribution >= 0.6 is 15.9 Å². The maximum atomic E-state index is 12.3. The Labute approximate surface area is 120 Å². The van der Waals surface area contributed by atoms with Crippen molar-refractivity contribution >= 4 is 21.8 Å². The fourth-order valence-electron chi connectivity index (χ4n) is 1.81. The SMILES string of the molecule is COc1ccc(Br)c(C(=O)Nn2c(C)ccc2C)c1. The van der Waals surface area contributed by atoms with Crippen molar-refractivity contribution in [2.75, 3.05) is 12.5 Å². The third kappa shape index (κ3) is 2.81. The number of hydrogen-bond acceptors (Lipinski definition) is 2. The van der Waals surface area contributed by atoms with E-state index in [-0.39, 0.29) is 5.91 Å². The smallest absolute Gasteiger partial charge is 0.271 e. The van der Waals surface area contributed by atoms with E-state index in [9.17, 15) is 4.79 Å². The van der Waals surface area contributed by atoms with Crippen LogP contribution in [0.2, 0.25) is 0 Å². The maximum Gasteiger partial charge on any atom is 0.271 e. The number of aromatic nitrogens is 1. The molecular weight excluding hydrogens is 308 g/mol. The highest BCUT2D eigenvalue weighted by Gasteiger charge is 2.13. The molecule has 0 aliphatic carbocycles. The molecular formula is C14H15BrN2O2. The van der Waals surface area contributed by atoms with E-state index >= 15 is 0 Å². The lowest BCUT2D eigenvalue weighted by molar-refractivity contribution is 0.101. The van der Waals surface area contributed by atoms with E-state index < -0.39 is 0 Å². The summed E-state index contributed by atoms with van der Waals surface area (Å²) in [7, 11) is 1.57. The minimum absolute atomic E-state index is 0.187. The highest BCUT2D eigenvalue weighted by molar-refractivity contribution is 9.10. The number of aryl methyl sites for hydroxylation is 2. The van der Waals surface area contributed by atoms with Gasteiger partial charge in [-0.2, -0.15) is 0 Å². The van der Waals surface area contributed by atoms with Gasteiger partial charge in [-0.15, -0.1) is 0 Å². The first kappa shape index (κ1) is 13.7. The molecule has 2 rings (SSSR count). The molecule has 0 atom stereocenters. The summed E-state index contributed by atoms with van der Waals surface area (Å²) in [6.45, 7) is 3.88. The van der Waals surface area contributed by atoms with Gasteiger partial charge in [-0.05, 0) is 60.1 Å². The molecule has 1 aromatic heterocycles. The Balaban J connectivity index is 2.30. The first-order valence-corrected chi connectivity index (χ1v) is 6.62. The van der Waals surface area contributed by atoms with Gasteiger partial charge in [0.05, 0.1) is 12.7 Å². The molecule has 0 radical (unpaired) electrons. The Kier molecular flexibility index (Phi) is 3.95. The summed E-state index contributed by atoms with van der Waals surface area (Å²) in [4.78, 5) is 12.3. The topological polar surface area (TPSA) is 43.3 Å². The predicted octanol–water partition coefficient (Wildman–Crippen LogP) is 3.26. The lowest BCUT2D eigenvalue weighted by atomic mass is 10.2. The van der Waals surface area contributed by atoms with Crippen molar-refractivity contribution in [3.63, 3.8) is 0 Å². The van der Waals surface area contributed by atoms with Gasteiger partial charge in [0.25, 0.3) is 5.91 Å². The van der Waals surface area contributed by atoms with Crippen LogP contribution in [0.15, 0.2) is 34.8 Å². The number of methoxy groups -OCH3 is 1. The van der Waals surface area contributed by atoms with Crippen molar-refractivity contribution in [2.45, 2.75) is 13.8 Å². The Morgan fingerprint density at radius 2 is 1.84 bits per heavy atom. The van der Waals surface area contributed by atoms with E-state index in [1.54, 1.807) is 30.0 Å². The van der Waals surface area contributed by atoms with Gasteiger partial charge in [-0.25, -0.2) is 0 Å². The van der Waals surface area contributed by atoms with Crippen molar-refractivity contribution in [2.24, 2.45) is 0 Å². The Morgan fingerprint density at radius 3 is 2.42 bits per heavy atom. The number of amides is 1. The number of hydrogen-bond donors (Lipinski definition) is 1. The highest BCUT2D eigenvalue weighted by atomic mass is 79.9. The first-order chi connectivity index (χ1) is 9.02. The summed E-state index contributed by atoms with van der Waals surface area (Å²) in [5.41, 5.74) is 5.35. The van der Waals surface area contributed by atoms with E-state index in [4.69, 9.17) is 4.74 Å². The number of halogens is 1. The van der Waals surface area contributed by atoms with Gasteiger partial charge in [0.15, 0.2) is 0 Å². The van der Waals surface area contributed by atoms with E-state index in [1.807, 2.05) is 26.0 Å². The van der Waals surface area contributed by atoms with E-state index in [1.165, 1.54) is 0 Å². The number of carbonyl (C=O) groups is 1. The third-order valence-corrected chi connectivity index (χ3v) is 3.59. The minimum Gasteiger partial charge on any atom is -0.497 e. The summed E-state index contributed by atoms with van der Waals surface area (Å²) in [5.74, 6) is 0.461. The maximum absolute atomic E-state index is 12.3. The molecule has 1 aromatic carbocycles. The van der Waals surface area contributed by atoms with Crippen LogP contribution in [0.4, 0.5) is 0 Å². The Bertz CT molecular complexity index is 600. The average Bonchev–Trinajstić information content (AvgIpc) is 2.71. The van der Waals surface area contributed by atoms with Gasteiger partial charge < -0.3 is 4.74 Å². The molecule has 1 heterocycles. The van der Waals surface area contributed by atoms with Crippen molar-refractivity contribution in [3.05, 3.63) is 51.8 Å². The third-order valence-electron chi connectivity index (χ3n) is 2.90. The molecule has 4 nitrogen and oxygen atoms in total. The standard InChI is InChI=1S/C14H15BrN2O2/c1-9-4-5-10(2)17(9)16-14(18)12-8-11(19-3)6-7-13(12)15/h4-8H,1-3H3,(H,16,18). The summed E-state index contributed by atoms with van der Waals surface area (Å²) in [6.07, 6.45) is 0. The van der Waals surface area contributed by atoms with Crippen LogP contribution in [-0.2, 0) is 0 Å². The second kappa shape index (κ2) is 5.48. The second-order valence-corrected chi connectivity index (χ2v) is 5.09.